The number of para-hydroxylation sites is 1. The van der Waals surface area contributed by atoms with Crippen molar-refractivity contribution in [3.63, 3.8) is 0 Å². The van der Waals surface area contributed by atoms with Gasteiger partial charge in [-0.25, -0.2) is 0 Å². The molecule has 3 aromatic rings. The molecule has 0 aliphatic carbocycles. The van der Waals surface area contributed by atoms with Gasteiger partial charge in [0.05, 0.1) is 17.0 Å². The van der Waals surface area contributed by atoms with E-state index in [1.54, 1.807) is 0 Å². The summed E-state index contributed by atoms with van der Waals surface area (Å²) < 4.78 is 17.3. The normalized spacial score (nSPS) is 16.9. The molecule has 0 amide bonds. The summed E-state index contributed by atoms with van der Waals surface area (Å²) in [5.74, 6) is 1.77. The van der Waals surface area contributed by atoms with Crippen LogP contribution in [0.5, 0.6) is 11.5 Å². The summed E-state index contributed by atoms with van der Waals surface area (Å²) in [6, 6.07) is 12.0. The monoisotopic (exact) mass is 426 g/mol. The summed E-state index contributed by atoms with van der Waals surface area (Å²) in [5, 5.41) is 1.86. The summed E-state index contributed by atoms with van der Waals surface area (Å²) in [5.41, 5.74) is 3.26. The minimum atomic E-state index is 0.626. The first-order valence-electron chi connectivity index (χ1n) is 10.8. The van der Waals surface area contributed by atoms with Crippen LogP contribution >= 0.6 is 11.6 Å². The fourth-order valence-corrected chi connectivity index (χ4v) is 4.75. The molecule has 0 unspecified atom stereocenters. The lowest BCUT2D eigenvalue weighted by Gasteiger charge is -2.37. The highest BCUT2D eigenvalue weighted by molar-refractivity contribution is 6.35. The molecule has 0 bridgehead atoms. The topological polar surface area (TPSA) is 38.1 Å². The predicted molar refractivity (Wildman–Crippen MR) is 120 cm³/mol. The molecule has 5 rings (SSSR count). The average Bonchev–Trinajstić information content (AvgIpc) is 3.21. The Morgan fingerprint density at radius 3 is 2.63 bits per heavy atom. The van der Waals surface area contributed by atoms with Crippen molar-refractivity contribution in [2.75, 3.05) is 50.8 Å². The first-order valence-corrected chi connectivity index (χ1v) is 11.2. The number of furan rings is 1. The molecular formula is C24H27ClN2O3. The van der Waals surface area contributed by atoms with E-state index in [1.807, 2.05) is 30.5 Å². The highest BCUT2D eigenvalue weighted by Gasteiger charge is 2.23. The van der Waals surface area contributed by atoms with Crippen LogP contribution in [-0.4, -0.2) is 50.8 Å². The van der Waals surface area contributed by atoms with Gasteiger partial charge in [-0.1, -0.05) is 23.7 Å². The molecule has 1 saturated heterocycles. The summed E-state index contributed by atoms with van der Waals surface area (Å²) in [6.07, 6.45) is 5.18. The molecule has 0 spiro atoms. The lowest BCUT2D eigenvalue weighted by atomic mass is 10.1. The molecule has 30 heavy (non-hydrogen) atoms. The number of hydrogen-bond donors (Lipinski definition) is 0. The lowest BCUT2D eigenvalue weighted by Crippen LogP contribution is -2.46. The Hall–Kier alpha value is -2.37. The number of benzene rings is 2. The maximum atomic E-state index is 6.36. The van der Waals surface area contributed by atoms with Crippen molar-refractivity contribution < 1.29 is 13.9 Å². The van der Waals surface area contributed by atoms with Crippen LogP contribution in [0.15, 0.2) is 47.1 Å². The Labute approximate surface area is 182 Å². The third-order valence-corrected chi connectivity index (χ3v) is 6.37. The standard InChI is InChI=1S/C24H27ClN2O3/c25-19-6-3-8-21-23(19)18(17-30-21)5-1-2-10-26-11-13-27(14-12-26)20-7-4-9-22-24(20)29-16-15-28-22/h3-4,6-9,17H,1-2,5,10-16H2. The highest BCUT2D eigenvalue weighted by atomic mass is 35.5. The summed E-state index contributed by atoms with van der Waals surface area (Å²) in [6.45, 7) is 6.57. The number of rotatable bonds is 6. The van der Waals surface area contributed by atoms with Crippen molar-refractivity contribution >= 4 is 28.3 Å². The molecule has 5 nitrogen and oxygen atoms in total. The molecule has 6 heteroatoms. The number of halogens is 1. The quantitative estimate of drug-likeness (QED) is 0.518. The number of anilines is 1. The number of aryl methyl sites for hydroxylation is 1. The van der Waals surface area contributed by atoms with E-state index in [0.717, 1.165) is 78.7 Å². The number of ether oxygens (including phenoxy) is 2. The number of hydrogen-bond acceptors (Lipinski definition) is 5. The van der Waals surface area contributed by atoms with E-state index in [-0.39, 0.29) is 0 Å². The first kappa shape index (κ1) is 19.6. The van der Waals surface area contributed by atoms with E-state index < -0.39 is 0 Å². The van der Waals surface area contributed by atoms with Gasteiger partial charge in [0.1, 0.15) is 18.8 Å². The van der Waals surface area contributed by atoms with Crippen molar-refractivity contribution in [3.8, 4) is 11.5 Å². The second-order valence-electron chi connectivity index (χ2n) is 7.96. The molecule has 0 atom stereocenters. The van der Waals surface area contributed by atoms with Crippen LogP contribution in [0.1, 0.15) is 18.4 Å². The predicted octanol–water partition coefficient (Wildman–Crippen LogP) is 5.00. The van der Waals surface area contributed by atoms with E-state index in [2.05, 4.69) is 21.9 Å². The smallest absolute Gasteiger partial charge is 0.184 e. The van der Waals surface area contributed by atoms with E-state index in [9.17, 15) is 0 Å². The minimum Gasteiger partial charge on any atom is -0.486 e. The van der Waals surface area contributed by atoms with Crippen molar-refractivity contribution in [2.45, 2.75) is 19.3 Å². The molecule has 0 radical (unpaired) electrons. The van der Waals surface area contributed by atoms with Crippen LogP contribution in [0, 0.1) is 0 Å². The van der Waals surface area contributed by atoms with Crippen molar-refractivity contribution in [2.24, 2.45) is 0 Å². The van der Waals surface area contributed by atoms with Gasteiger partial charge in [-0.3, -0.25) is 4.90 Å². The van der Waals surface area contributed by atoms with Crippen molar-refractivity contribution in [1.82, 2.24) is 4.90 Å². The zero-order chi connectivity index (χ0) is 20.3. The van der Waals surface area contributed by atoms with Gasteiger partial charge in [-0.2, -0.15) is 0 Å². The van der Waals surface area contributed by atoms with Crippen LogP contribution in [0.4, 0.5) is 5.69 Å². The van der Waals surface area contributed by atoms with E-state index in [0.29, 0.717) is 13.2 Å². The number of fused-ring (bicyclic) bond motifs is 2. The number of nitrogens with zero attached hydrogens (tertiary/aromatic N) is 2. The zero-order valence-corrected chi connectivity index (χ0v) is 17.9. The average molecular weight is 427 g/mol. The summed E-state index contributed by atoms with van der Waals surface area (Å²) in [7, 11) is 0. The van der Waals surface area contributed by atoms with E-state index in [4.69, 9.17) is 25.5 Å². The van der Waals surface area contributed by atoms with Crippen molar-refractivity contribution in [3.05, 3.63) is 53.2 Å². The fourth-order valence-electron chi connectivity index (χ4n) is 4.46. The van der Waals surface area contributed by atoms with Crippen LogP contribution < -0.4 is 14.4 Å². The maximum absolute atomic E-state index is 6.36. The third kappa shape index (κ3) is 3.96. The SMILES string of the molecule is Clc1cccc2occ(CCCCN3CCN(c4cccc5c4OCCO5)CC3)c12. The summed E-state index contributed by atoms with van der Waals surface area (Å²) >= 11 is 6.36. The molecule has 0 saturated carbocycles. The molecule has 1 aromatic heterocycles. The van der Waals surface area contributed by atoms with Gasteiger partial charge in [-0.05, 0) is 55.6 Å². The van der Waals surface area contributed by atoms with Crippen LogP contribution in [0.25, 0.3) is 11.0 Å². The van der Waals surface area contributed by atoms with Crippen molar-refractivity contribution in [1.29, 1.82) is 0 Å². The molecule has 3 heterocycles. The molecule has 158 valence electrons. The zero-order valence-electron chi connectivity index (χ0n) is 17.1. The Kier molecular flexibility index (Phi) is 5.73. The van der Waals surface area contributed by atoms with Crippen LogP contribution in [0.3, 0.4) is 0 Å². The Balaban J connectivity index is 1.11. The maximum Gasteiger partial charge on any atom is 0.184 e. The van der Waals surface area contributed by atoms with Gasteiger partial charge in [0.25, 0.3) is 0 Å². The third-order valence-electron chi connectivity index (χ3n) is 6.05. The molecule has 2 aliphatic rings. The van der Waals surface area contributed by atoms with Crippen LogP contribution in [0.2, 0.25) is 5.02 Å². The Bertz CT molecular complexity index is 1010. The lowest BCUT2D eigenvalue weighted by molar-refractivity contribution is 0.171. The van der Waals surface area contributed by atoms with E-state index >= 15 is 0 Å². The van der Waals surface area contributed by atoms with Gasteiger partial charge in [0, 0.05) is 31.6 Å². The second-order valence-corrected chi connectivity index (χ2v) is 8.37. The van der Waals surface area contributed by atoms with Gasteiger partial charge < -0.3 is 18.8 Å². The molecule has 1 fully saturated rings. The van der Waals surface area contributed by atoms with Gasteiger partial charge in [-0.15, -0.1) is 0 Å². The Morgan fingerprint density at radius 1 is 0.900 bits per heavy atom. The molecular weight excluding hydrogens is 400 g/mol. The van der Waals surface area contributed by atoms with Crippen LogP contribution in [-0.2, 0) is 6.42 Å². The number of piperazine rings is 1. The molecule has 2 aromatic carbocycles. The van der Waals surface area contributed by atoms with Gasteiger partial charge in [0.2, 0.25) is 0 Å². The molecule has 0 N–H and O–H groups in total. The Morgan fingerprint density at radius 2 is 1.73 bits per heavy atom. The number of unbranched alkanes of at least 4 members (excludes halogenated alkanes) is 1. The largest absolute Gasteiger partial charge is 0.486 e. The second kappa shape index (κ2) is 8.78. The van der Waals surface area contributed by atoms with Gasteiger partial charge >= 0.3 is 0 Å². The van der Waals surface area contributed by atoms with Gasteiger partial charge in [0.15, 0.2) is 11.5 Å². The minimum absolute atomic E-state index is 0.626. The highest BCUT2D eigenvalue weighted by Crippen LogP contribution is 2.39. The first-order chi connectivity index (χ1) is 14.8. The summed E-state index contributed by atoms with van der Waals surface area (Å²) in [4.78, 5) is 4.98. The van der Waals surface area contributed by atoms with E-state index in [1.165, 1.54) is 12.0 Å². The molecule has 2 aliphatic heterocycles. The fraction of sp³-hybridized carbons (Fsp3) is 0.417.